The van der Waals surface area contributed by atoms with E-state index in [2.05, 4.69) is 11.0 Å². The molecule has 1 radical (unpaired) electrons. The highest BCUT2D eigenvalue weighted by Crippen LogP contribution is 2.15. The summed E-state index contributed by atoms with van der Waals surface area (Å²) in [6.45, 7) is 2.44. The van der Waals surface area contributed by atoms with E-state index in [0.717, 1.165) is 25.9 Å². The van der Waals surface area contributed by atoms with Gasteiger partial charge in [0.2, 0.25) is 0 Å². The Hall–Kier alpha value is -0.590. The van der Waals surface area contributed by atoms with Gasteiger partial charge in [-0.25, -0.2) is 5.11 Å². The lowest BCUT2D eigenvalue weighted by Crippen LogP contribution is -2.34. The minimum absolute atomic E-state index is 0.0559. The summed E-state index contributed by atoms with van der Waals surface area (Å²) in [4.78, 5) is 2.10. The fourth-order valence-corrected chi connectivity index (χ4v) is 1.41. The largest absolute Gasteiger partial charge is 0.291 e. The van der Waals surface area contributed by atoms with Gasteiger partial charge in [-0.3, -0.25) is 4.90 Å². The first-order valence-electron chi connectivity index (χ1n) is 4.04. The molecule has 0 amide bonds. The maximum Gasteiger partial charge on any atom is 0.0865 e. The molecule has 61 valence electrons. The van der Waals surface area contributed by atoms with Gasteiger partial charge < -0.3 is 0 Å². The van der Waals surface area contributed by atoms with Crippen LogP contribution in [-0.2, 0) is 5.11 Å². The fraction of sp³-hybridized carbons (Fsp3) is 0.875. The molecule has 0 bridgehead atoms. The van der Waals surface area contributed by atoms with Crippen molar-refractivity contribution < 1.29 is 5.11 Å². The van der Waals surface area contributed by atoms with Crippen molar-refractivity contribution in [3.8, 4) is 6.07 Å². The Kier molecular flexibility index (Phi) is 3.34. The van der Waals surface area contributed by atoms with Gasteiger partial charge in [-0.15, -0.1) is 0 Å². The maximum atomic E-state index is 10.5. The van der Waals surface area contributed by atoms with E-state index >= 15 is 0 Å². The maximum absolute atomic E-state index is 10.5. The third kappa shape index (κ3) is 2.49. The summed E-state index contributed by atoms with van der Waals surface area (Å²) >= 11 is 0. The van der Waals surface area contributed by atoms with Crippen molar-refractivity contribution in [2.45, 2.75) is 12.8 Å². The van der Waals surface area contributed by atoms with E-state index in [4.69, 9.17) is 5.26 Å². The number of hydrogen-bond acceptors (Lipinski definition) is 2. The number of likely N-dealkylation sites (tertiary alicyclic amines) is 1. The standard InChI is InChI=1S/C8H13N2O/c9-3-6-10-4-1-8(7-11)2-5-10/h8H,1-2,4-7H2. The Morgan fingerprint density at radius 3 is 2.55 bits per heavy atom. The lowest BCUT2D eigenvalue weighted by atomic mass is 9.98. The molecule has 0 aromatic heterocycles. The summed E-state index contributed by atoms with van der Waals surface area (Å²) in [5.41, 5.74) is 0. The third-order valence-corrected chi connectivity index (χ3v) is 2.24. The van der Waals surface area contributed by atoms with Crippen molar-refractivity contribution in [1.82, 2.24) is 4.90 Å². The van der Waals surface area contributed by atoms with Crippen LogP contribution in [0.3, 0.4) is 0 Å². The van der Waals surface area contributed by atoms with Gasteiger partial charge in [-0.1, -0.05) is 0 Å². The summed E-state index contributed by atoms with van der Waals surface area (Å²) in [6.07, 6.45) is 1.95. The highest BCUT2D eigenvalue weighted by atomic mass is 16.3. The Bertz CT molecular complexity index is 145. The van der Waals surface area contributed by atoms with Gasteiger partial charge in [0.15, 0.2) is 0 Å². The molecule has 0 aromatic rings. The lowest BCUT2D eigenvalue weighted by Gasteiger charge is -2.28. The van der Waals surface area contributed by atoms with Crippen LogP contribution in [0.2, 0.25) is 0 Å². The number of rotatable bonds is 2. The molecule has 1 saturated heterocycles. The van der Waals surface area contributed by atoms with E-state index in [0.29, 0.717) is 12.5 Å². The minimum Gasteiger partial charge on any atom is -0.291 e. The van der Waals surface area contributed by atoms with Crippen LogP contribution in [0.5, 0.6) is 0 Å². The van der Waals surface area contributed by atoms with Gasteiger partial charge in [-0.05, 0) is 31.8 Å². The van der Waals surface area contributed by atoms with E-state index in [9.17, 15) is 5.11 Å². The first-order chi connectivity index (χ1) is 5.36. The van der Waals surface area contributed by atoms with Crippen LogP contribution in [0, 0.1) is 17.2 Å². The molecular formula is C8H13N2O. The van der Waals surface area contributed by atoms with Crippen LogP contribution in [0.25, 0.3) is 0 Å². The Morgan fingerprint density at radius 1 is 1.45 bits per heavy atom. The SMILES string of the molecule is N#CCN1CCC(C[O])CC1. The molecule has 11 heavy (non-hydrogen) atoms. The predicted octanol–water partition coefficient (Wildman–Crippen LogP) is 0.652. The molecule has 0 N–H and O–H groups in total. The van der Waals surface area contributed by atoms with E-state index in [-0.39, 0.29) is 6.61 Å². The first kappa shape index (κ1) is 8.51. The van der Waals surface area contributed by atoms with Crippen LogP contribution < -0.4 is 0 Å². The van der Waals surface area contributed by atoms with E-state index in [1.54, 1.807) is 0 Å². The smallest absolute Gasteiger partial charge is 0.0865 e. The molecule has 0 aromatic carbocycles. The van der Waals surface area contributed by atoms with Gasteiger partial charge in [0.25, 0.3) is 0 Å². The molecule has 0 atom stereocenters. The topological polar surface area (TPSA) is 46.9 Å². The Morgan fingerprint density at radius 2 is 2.09 bits per heavy atom. The van der Waals surface area contributed by atoms with E-state index in [1.165, 1.54) is 0 Å². The summed E-state index contributed by atoms with van der Waals surface area (Å²) in [5.74, 6) is 0.366. The molecule has 0 aliphatic carbocycles. The van der Waals surface area contributed by atoms with E-state index < -0.39 is 0 Å². The average molecular weight is 153 g/mol. The van der Waals surface area contributed by atoms with Crippen molar-refractivity contribution in [2.75, 3.05) is 26.2 Å². The lowest BCUT2D eigenvalue weighted by molar-refractivity contribution is 0.0961. The van der Waals surface area contributed by atoms with Crippen LogP contribution in [0.4, 0.5) is 0 Å². The molecule has 1 aliphatic heterocycles. The summed E-state index contributed by atoms with van der Waals surface area (Å²) in [7, 11) is 0. The number of hydrogen-bond donors (Lipinski definition) is 0. The molecule has 3 nitrogen and oxygen atoms in total. The highest BCUT2D eigenvalue weighted by Gasteiger charge is 2.17. The van der Waals surface area contributed by atoms with Gasteiger partial charge in [0.05, 0.1) is 19.2 Å². The van der Waals surface area contributed by atoms with Crippen molar-refractivity contribution in [3.05, 3.63) is 0 Å². The van der Waals surface area contributed by atoms with Crippen LogP contribution in [0.1, 0.15) is 12.8 Å². The number of piperidine rings is 1. The van der Waals surface area contributed by atoms with Crippen molar-refractivity contribution in [3.63, 3.8) is 0 Å². The molecule has 0 saturated carbocycles. The summed E-state index contributed by atoms with van der Waals surface area (Å²) in [6, 6.07) is 2.12. The normalized spacial score (nSPS) is 21.5. The monoisotopic (exact) mass is 153 g/mol. The summed E-state index contributed by atoms with van der Waals surface area (Å²) in [5, 5.41) is 18.9. The van der Waals surface area contributed by atoms with Crippen molar-refractivity contribution >= 4 is 0 Å². The number of nitriles is 1. The predicted molar refractivity (Wildman–Crippen MR) is 40.3 cm³/mol. The Labute approximate surface area is 67.2 Å². The second kappa shape index (κ2) is 4.32. The van der Waals surface area contributed by atoms with Crippen LogP contribution in [-0.4, -0.2) is 31.1 Å². The number of nitrogens with zero attached hydrogens (tertiary/aromatic N) is 2. The Balaban J connectivity index is 2.20. The molecule has 1 fully saturated rings. The van der Waals surface area contributed by atoms with Gasteiger partial charge in [0.1, 0.15) is 0 Å². The summed E-state index contributed by atoms with van der Waals surface area (Å²) < 4.78 is 0. The molecule has 1 aliphatic rings. The van der Waals surface area contributed by atoms with Crippen molar-refractivity contribution in [1.29, 1.82) is 5.26 Å². The van der Waals surface area contributed by atoms with Crippen LogP contribution >= 0.6 is 0 Å². The zero-order valence-corrected chi connectivity index (χ0v) is 6.62. The van der Waals surface area contributed by atoms with Crippen molar-refractivity contribution in [2.24, 2.45) is 5.92 Å². The molecule has 1 rings (SSSR count). The fourth-order valence-electron chi connectivity index (χ4n) is 1.41. The third-order valence-electron chi connectivity index (χ3n) is 2.24. The molecule has 0 spiro atoms. The second-order valence-electron chi connectivity index (χ2n) is 3.04. The molecule has 1 heterocycles. The van der Waals surface area contributed by atoms with E-state index in [1.807, 2.05) is 0 Å². The second-order valence-corrected chi connectivity index (χ2v) is 3.04. The zero-order chi connectivity index (χ0) is 8.10. The van der Waals surface area contributed by atoms with Gasteiger partial charge >= 0.3 is 0 Å². The quantitative estimate of drug-likeness (QED) is 0.547. The zero-order valence-electron chi connectivity index (χ0n) is 6.62. The molecule has 0 unspecified atom stereocenters. The molecular weight excluding hydrogens is 140 g/mol. The van der Waals surface area contributed by atoms with Gasteiger partial charge in [0, 0.05) is 0 Å². The minimum atomic E-state index is 0.0559. The average Bonchev–Trinajstić information content (AvgIpc) is 2.07. The highest BCUT2D eigenvalue weighted by molar-refractivity contribution is 4.80. The molecule has 3 heteroatoms. The van der Waals surface area contributed by atoms with Crippen LogP contribution in [0.15, 0.2) is 0 Å². The van der Waals surface area contributed by atoms with Gasteiger partial charge in [-0.2, -0.15) is 5.26 Å². The first-order valence-corrected chi connectivity index (χ1v) is 4.04.